The molecule has 1 N–H and O–H groups in total. The molecule has 0 fully saturated rings. The summed E-state index contributed by atoms with van der Waals surface area (Å²) >= 11 is 0. The van der Waals surface area contributed by atoms with Crippen LogP contribution in [0.2, 0.25) is 0 Å². The monoisotopic (exact) mass is 352 g/mol. The van der Waals surface area contributed by atoms with Gasteiger partial charge in [0.25, 0.3) is 0 Å². The van der Waals surface area contributed by atoms with Crippen molar-refractivity contribution in [2.45, 2.75) is 19.3 Å². The second-order valence-corrected chi connectivity index (χ2v) is 6.21. The Morgan fingerprint density at radius 1 is 1.12 bits per heavy atom. The predicted molar refractivity (Wildman–Crippen MR) is 102 cm³/mol. The van der Waals surface area contributed by atoms with Gasteiger partial charge in [0.05, 0.1) is 26.4 Å². The lowest BCUT2D eigenvalue weighted by molar-refractivity contribution is -0.119. The Morgan fingerprint density at radius 3 is 2.58 bits per heavy atom. The van der Waals surface area contributed by atoms with Crippen LogP contribution in [-0.2, 0) is 17.6 Å². The van der Waals surface area contributed by atoms with Crippen LogP contribution in [0.15, 0.2) is 47.5 Å². The number of ether oxygens (including phenoxy) is 2. The van der Waals surface area contributed by atoms with E-state index >= 15 is 0 Å². The number of amides is 1. The minimum atomic E-state index is -0.0117. The molecule has 1 amide bonds. The lowest BCUT2D eigenvalue weighted by atomic mass is 9.95. The number of rotatable bonds is 7. The van der Waals surface area contributed by atoms with Gasteiger partial charge < -0.3 is 14.8 Å². The first-order valence-corrected chi connectivity index (χ1v) is 8.80. The molecule has 1 aliphatic heterocycles. The number of nitrogens with one attached hydrogen (secondary N) is 1. The SMILES string of the molecule is COc1cc2c(cc1OC)C(CC(=O)NCCc1ccccc1)=NCC2. The molecular weight excluding hydrogens is 328 g/mol. The second-order valence-electron chi connectivity index (χ2n) is 6.21. The topological polar surface area (TPSA) is 59.9 Å². The van der Waals surface area contributed by atoms with Crippen LogP contribution in [0.3, 0.4) is 0 Å². The van der Waals surface area contributed by atoms with E-state index in [1.54, 1.807) is 14.2 Å². The van der Waals surface area contributed by atoms with E-state index in [4.69, 9.17) is 9.47 Å². The molecule has 26 heavy (non-hydrogen) atoms. The van der Waals surface area contributed by atoms with Gasteiger partial charge in [0.2, 0.25) is 5.91 Å². The van der Waals surface area contributed by atoms with E-state index in [0.29, 0.717) is 24.6 Å². The highest BCUT2D eigenvalue weighted by atomic mass is 16.5. The molecule has 0 saturated heterocycles. The first kappa shape index (κ1) is 18.0. The van der Waals surface area contributed by atoms with Gasteiger partial charge in [-0.25, -0.2) is 0 Å². The van der Waals surface area contributed by atoms with E-state index < -0.39 is 0 Å². The molecule has 5 nitrogen and oxygen atoms in total. The van der Waals surface area contributed by atoms with Crippen LogP contribution >= 0.6 is 0 Å². The van der Waals surface area contributed by atoms with E-state index in [0.717, 1.165) is 29.7 Å². The number of fused-ring (bicyclic) bond motifs is 1. The van der Waals surface area contributed by atoms with Crippen molar-refractivity contribution in [1.82, 2.24) is 5.32 Å². The van der Waals surface area contributed by atoms with Crippen molar-refractivity contribution in [3.8, 4) is 11.5 Å². The highest BCUT2D eigenvalue weighted by Gasteiger charge is 2.20. The fourth-order valence-corrected chi connectivity index (χ4v) is 3.15. The van der Waals surface area contributed by atoms with Crippen molar-refractivity contribution in [3.05, 3.63) is 59.2 Å². The number of nitrogens with zero attached hydrogens (tertiary/aromatic N) is 1. The summed E-state index contributed by atoms with van der Waals surface area (Å²) in [5.41, 5.74) is 4.14. The maximum atomic E-state index is 12.3. The Labute approximate surface area is 154 Å². The smallest absolute Gasteiger partial charge is 0.226 e. The van der Waals surface area contributed by atoms with Crippen LogP contribution in [0.25, 0.3) is 0 Å². The van der Waals surface area contributed by atoms with Gasteiger partial charge in [-0.2, -0.15) is 0 Å². The molecule has 0 spiro atoms. The summed E-state index contributed by atoms with van der Waals surface area (Å²) < 4.78 is 10.8. The zero-order valence-electron chi connectivity index (χ0n) is 15.2. The summed E-state index contributed by atoms with van der Waals surface area (Å²) in [4.78, 5) is 16.9. The van der Waals surface area contributed by atoms with Crippen LogP contribution in [0.5, 0.6) is 11.5 Å². The first-order valence-electron chi connectivity index (χ1n) is 8.80. The summed E-state index contributed by atoms with van der Waals surface area (Å²) in [6.45, 7) is 1.31. The summed E-state index contributed by atoms with van der Waals surface area (Å²) in [5, 5.41) is 2.98. The lowest BCUT2D eigenvalue weighted by Gasteiger charge is -2.19. The van der Waals surface area contributed by atoms with E-state index in [2.05, 4.69) is 22.4 Å². The lowest BCUT2D eigenvalue weighted by Crippen LogP contribution is -2.29. The van der Waals surface area contributed by atoms with Crippen molar-refractivity contribution in [2.75, 3.05) is 27.3 Å². The molecule has 0 saturated carbocycles. The Bertz CT molecular complexity index is 800. The molecule has 1 aliphatic rings. The molecule has 0 bridgehead atoms. The predicted octanol–water partition coefficient (Wildman–Crippen LogP) is 2.80. The molecule has 2 aromatic carbocycles. The third-order valence-electron chi connectivity index (χ3n) is 4.51. The number of aliphatic imine (C=N–C) groups is 1. The molecule has 136 valence electrons. The van der Waals surface area contributed by atoms with Gasteiger partial charge in [0.1, 0.15) is 0 Å². The number of carbonyl (C=O) groups excluding carboxylic acids is 1. The third-order valence-corrected chi connectivity index (χ3v) is 4.51. The van der Waals surface area contributed by atoms with E-state index in [1.165, 1.54) is 5.56 Å². The van der Waals surface area contributed by atoms with Gasteiger partial charge >= 0.3 is 0 Å². The zero-order chi connectivity index (χ0) is 18.4. The van der Waals surface area contributed by atoms with E-state index in [-0.39, 0.29) is 12.3 Å². The molecule has 1 heterocycles. The maximum absolute atomic E-state index is 12.3. The zero-order valence-corrected chi connectivity index (χ0v) is 15.2. The highest BCUT2D eigenvalue weighted by molar-refractivity contribution is 6.12. The Morgan fingerprint density at radius 2 is 1.85 bits per heavy atom. The van der Waals surface area contributed by atoms with Crippen LogP contribution in [0, 0.1) is 0 Å². The average molecular weight is 352 g/mol. The molecule has 0 radical (unpaired) electrons. The molecule has 0 aliphatic carbocycles. The first-order chi connectivity index (χ1) is 12.7. The van der Waals surface area contributed by atoms with E-state index in [1.807, 2.05) is 30.3 Å². The average Bonchev–Trinajstić information content (AvgIpc) is 2.68. The Hall–Kier alpha value is -2.82. The van der Waals surface area contributed by atoms with Crippen molar-refractivity contribution in [1.29, 1.82) is 0 Å². The van der Waals surface area contributed by atoms with Crippen LogP contribution in [0.4, 0.5) is 0 Å². The van der Waals surface area contributed by atoms with E-state index in [9.17, 15) is 4.79 Å². The number of carbonyl (C=O) groups is 1. The van der Waals surface area contributed by atoms with Gasteiger partial charge in [-0.1, -0.05) is 30.3 Å². The van der Waals surface area contributed by atoms with Crippen LogP contribution in [0.1, 0.15) is 23.1 Å². The van der Waals surface area contributed by atoms with Crippen LogP contribution in [-0.4, -0.2) is 38.9 Å². The fourth-order valence-electron chi connectivity index (χ4n) is 3.15. The Kier molecular flexibility index (Phi) is 5.89. The minimum absolute atomic E-state index is 0.0117. The third kappa shape index (κ3) is 4.23. The quantitative estimate of drug-likeness (QED) is 0.834. The minimum Gasteiger partial charge on any atom is -0.493 e. The fraction of sp³-hybridized carbons (Fsp3) is 0.333. The maximum Gasteiger partial charge on any atom is 0.226 e. The number of benzene rings is 2. The summed E-state index contributed by atoms with van der Waals surface area (Å²) in [7, 11) is 3.24. The summed E-state index contributed by atoms with van der Waals surface area (Å²) in [5.74, 6) is 1.35. The van der Waals surface area contributed by atoms with Gasteiger partial charge in [0, 0.05) is 18.7 Å². The van der Waals surface area contributed by atoms with Gasteiger partial charge in [-0.3, -0.25) is 9.79 Å². The van der Waals surface area contributed by atoms with Crippen molar-refractivity contribution >= 4 is 11.6 Å². The highest BCUT2D eigenvalue weighted by Crippen LogP contribution is 2.32. The molecule has 0 aromatic heterocycles. The number of hydrogen-bond acceptors (Lipinski definition) is 4. The van der Waals surface area contributed by atoms with Crippen molar-refractivity contribution in [2.24, 2.45) is 4.99 Å². The largest absolute Gasteiger partial charge is 0.493 e. The van der Waals surface area contributed by atoms with Crippen molar-refractivity contribution in [3.63, 3.8) is 0 Å². The molecule has 2 aromatic rings. The molecule has 5 heteroatoms. The second kappa shape index (κ2) is 8.52. The van der Waals surface area contributed by atoms with Crippen LogP contribution < -0.4 is 14.8 Å². The molecule has 3 rings (SSSR count). The summed E-state index contributed by atoms with van der Waals surface area (Å²) in [6.07, 6.45) is 1.94. The molecular formula is C21H24N2O3. The normalized spacial score (nSPS) is 12.8. The summed E-state index contributed by atoms with van der Waals surface area (Å²) in [6, 6.07) is 14.0. The standard InChI is InChI=1S/C21H24N2O3/c1-25-19-12-16-9-11-22-18(17(16)13-20(19)26-2)14-21(24)23-10-8-15-6-4-3-5-7-15/h3-7,12-13H,8-11,14H2,1-2H3,(H,23,24). The van der Waals surface area contributed by atoms with Gasteiger partial charge in [-0.05, 0) is 36.1 Å². The van der Waals surface area contributed by atoms with Gasteiger partial charge in [-0.15, -0.1) is 0 Å². The van der Waals surface area contributed by atoms with Crippen molar-refractivity contribution < 1.29 is 14.3 Å². The Balaban J connectivity index is 1.63. The molecule has 0 atom stereocenters. The molecule has 0 unspecified atom stereocenters. The number of methoxy groups -OCH3 is 2. The number of hydrogen-bond donors (Lipinski definition) is 1. The van der Waals surface area contributed by atoms with Gasteiger partial charge in [0.15, 0.2) is 11.5 Å².